The number of hydrogen-bond acceptors (Lipinski definition) is 2. The predicted molar refractivity (Wildman–Crippen MR) is 84.5 cm³/mol. The molecule has 1 saturated carbocycles. The molecule has 0 heterocycles. The van der Waals surface area contributed by atoms with E-state index >= 15 is 0 Å². The van der Waals surface area contributed by atoms with Gasteiger partial charge in [-0.15, -0.1) is 0 Å². The van der Waals surface area contributed by atoms with Crippen LogP contribution in [0.5, 0.6) is 0 Å². The molecule has 0 spiro atoms. The van der Waals surface area contributed by atoms with Crippen LogP contribution in [-0.2, 0) is 6.54 Å². The molecule has 0 atom stereocenters. The van der Waals surface area contributed by atoms with Crippen LogP contribution in [0.25, 0.3) is 0 Å². The SMILES string of the molecule is Fc1cccc(Sc2ccc(Br)cc2CNC2CC2)c1. The van der Waals surface area contributed by atoms with Gasteiger partial charge in [0.2, 0.25) is 0 Å². The molecule has 0 unspecified atom stereocenters. The maximum absolute atomic E-state index is 13.3. The first-order valence-electron chi connectivity index (χ1n) is 6.66. The molecule has 0 saturated heterocycles. The van der Waals surface area contributed by atoms with Crippen LogP contribution < -0.4 is 5.32 Å². The van der Waals surface area contributed by atoms with Gasteiger partial charge in [-0.1, -0.05) is 33.8 Å². The molecule has 2 aromatic carbocycles. The van der Waals surface area contributed by atoms with E-state index in [4.69, 9.17) is 0 Å². The van der Waals surface area contributed by atoms with Gasteiger partial charge in [0.15, 0.2) is 0 Å². The highest BCUT2D eigenvalue weighted by Gasteiger charge is 2.20. The van der Waals surface area contributed by atoms with Gasteiger partial charge in [-0.3, -0.25) is 0 Å². The molecule has 1 aliphatic rings. The van der Waals surface area contributed by atoms with Gasteiger partial charge < -0.3 is 5.32 Å². The summed E-state index contributed by atoms with van der Waals surface area (Å²) in [6.45, 7) is 0.863. The highest BCUT2D eigenvalue weighted by atomic mass is 79.9. The fraction of sp³-hybridized carbons (Fsp3) is 0.250. The summed E-state index contributed by atoms with van der Waals surface area (Å²) in [6.07, 6.45) is 2.56. The summed E-state index contributed by atoms with van der Waals surface area (Å²) < 4.78 is 14.3. The van der Waals surface area contributed by atoms with Gasteiger partial charge in [0.05, 0.1) is 0 Å². The van der Waals surface area contributed by atoms with Gasteiger partial charge in [-0.25, -0.2) is 4.39 Å². The molecule has 1 fully saturated rings. The lowest BCUT2D eigenvalue weighted by molar-refractivity contribution is 0.624. The van der Waals surface area contributed by atoms with E-state index in [-0.39, 0.29) is 5.82 Å². The zero-order chi connectivity index (χ0) is 13.9. The molecule has 0 aromatic heterocycles. The molecular formula is C16H15BrFNS. The number of rotatable bonds is 5. The van der Waals surface area contributed by atoms with Crippen LogP contribution in [0.4, 0.5) is 4.39 Å². The van der Waals surface area contributed by atoms with Crippen molar-refractivity contribution < 1.29 is 4.39 Å². The van der Waals surface area contributed by atoms with Crippen LogP contribution in [0.15, 0.2) is 56.7 Å². The smallest absolute Gasteiger partial charge is 0.124 e. The summed E-state index contributed by atoms with van der Waals surface area (Å²) in [5.41, 5.74) is 1.25. The number of nitrogens with one attached hydrogen (secondary N) is 1. The van der Waals surface area contributed by atoms with E-state index < -0.39 is 0 Å². The summed E-state index contributed by atoms with van der Waals surface area (Å²) in [4.78, 5) is 2.10. The van der Waals surface area contributed by atoms with Gasteiger partial charge in [0.1, 0.15) is 5.82 Å². The highest BCUT2D eigenvalue weighted by molar-refractivity contribution is 9.10. The highest BCUT2D eigenvalue weighted by Crippen LogP contribution is 2.33. The fourth-order valence-electron chi connectivity index (χ4n) is 1.98. The van der Waals surface area contributed by atoms with Crippen LogP contribution in [0.2, 0.25) is 0 Å². The van der Waals surface area contributed by atoms with E-state index in [0.717, 1.165) is 15.9 Å². The molecule has 1 nitrogen and oxygen atoms in total. The van der Waals surface area contributed by atoms with E-state index in [9.17, 15) is 4.39 Å². The molecule has 1 N–H and O–H groups in total. The molecule has 0 amide bonds. The van der Waals surface area contributed by atoms with Crippen molar-refractivity contribution in [1.82, 2.24) is 5.32 Å². The van der Waals surface area contributed by atoms with Crippen LogP contribution in [-0.4, -0.2) is 6.04 Å². The van der Waals surface area contributed by atoms with Crippen molar-refractivity contribution in [2.45, 2.75) is 35.2 Å². The summed E-state index contributed by atoms with van der Waals surface area (Å²) >= 11 is 5.13. The lowest BCUT2D eigenvalue weighted by atomic mass is 10.2. The topological polar surface area (TPSA) is 12.0 Å². The number of benzene rings is 2. The van der Waals surface area contributed by atoms with Crippen LogP contribution >= 0.6 is 27.7 Å². The van der Waals surface area contributed by atoms with Gasteiger partial charge in [-0.05, 0) is 54.8 Å². The lowest BCUT2D eigenvalue weighted by Gasteiger charge is -2.11. The molecule has 104 valence electrons. The Bertz CT molecular complexity index is 613. The summed E-state index contributed by atoms with van der Waals surface area (Å²) in [5.74, 6) is -0.190. The van der Waals surface area contributed by atoms with Gasteiger partial charge in [-0.2, -0.15) is 0 Å². The maximum Gasteiger partial charge on any atom is 0.124 e. The molecule has 1 aliphatic carbocycles. The van der Waals surface area contributed by atoms with Crippen molar-refractivity contribution in [2.24, 2.45) is 0 Å². The Balaban J connectivity index is 1.79. The third-order valence-corrected chi connectivity index (χ3v) is 4.81. The summed E-state index contributed by atoms with van der Waals surface area (Å²) in [6, 6.07) is 13.7. The van der Waals surface area contributed by atoms with Gasteiger partial charge >= 0.3 is 0 Å². The molecule has 3 rings (SSSR count). The standard InChI is InChI=1S/C16H15BrFNS/c17-12-4-7-16(11(8-12)10-19-14-5-6-14)20-15-3-1-2-13(18)9-15/h1-4,7-9,14,19H,5-6,10H2. The number of hydrogen-bond donors (Lipinski definition) is 1. The normalized spacial score (nSPS) is 14.5. The quantitative estimate of drug-likeness (QED) is 0.814. The Morgan fingerprint density at radius 2 is 2.05 bits per heavy atom. The first-order valence-corrected chi connectivity index (χ1v) is 8.27. The van der Waals surface area contributed by atoms with Crippen molar-refractivity contribution in [2.75, 3.05) is 0 Å². The Kier molecular flexibility index (Phi) is 4.44. The Labute approximate surface area is 131 Å². The van der Waals surface area contributed by atoms with Crippen LogP contribution in [0.1, 0.15) is 18.4 Å². The van der Waals surface area contributed by atoms with E-state index in [1.54, 1.807) is 23.9 Å². The Morgan fingerprint density at radius 1 is 1.20 bits per heavy atom. The van der Waals surface area contributed by atoms with Crippen molar-refractivity contribution in [3.8, 4) is 0 Å². The maximum atomic E-state index is 13.3. The zero-order valence-corrected chi connectivity index (χ0v) is 13.3. The Hall–Kier alpha value is -0.840. The monoisotopic (exact) mass is 351 g/mol. The zero-order valence-electron chi connectivity index (χ0n) is 10.9. The lowest BCUT2D eigenvalue weighted by Crippen LogP contribution is -2.15. The third kappa shape index (κ3) is 3.84. The number of halogens is 2. The van der Waals surface area contributed by atoms with E-state index in [1.807, 2.05) is 12.1 Å². The largest absolute Gasteiger partial charge is 0.310 e. The molecule has 20 heavy (non-hydrogen) atoms. The Morgan fingerprint density at radius 3 is 2.80 bits per heavy atom. The minimum atomic E-state index is -0.190. The van der Waals surface area contributed by atoms with Gasteiger partial charge in [0, 0.05) is 26.9 Å². The molecule has 0 aliphatic heterocycles. The van der Waals surface area contributed by atoms with Crippen LogP contribution in [0.3, 0.4) is 0 Å². The second-order valence-electron chi connectivity index (χ2n) is 4.97. The first kappa shape index (κ1) is 14.1. The summed E-state index contributed by atoms with van der Waals surface area (Å²) in [5, 5.41) is 3.53. The second kappa shape index (κ2) is 6.29. The molecule has 0 radical (unpaired) electrons. The fourth-order valence-corrected chi connectivity index (χ4v) is 3.36. The van der Waals surface area contributed by atoms with Gasteiger partial charge in [0.25, 0.3) is 0 Å². The van der Waals surface area contributed by atoms with E-state index in [0.29, 0.717) is 6.04 Å². The second-order valence-corrected chi connectivity index (χ2v) is 7.00. The van der Waals surface area contributed by atoms with Crippen molar-refractivity contribution in [3.63, 3.8) is 0 Å². The third-order valence-electron chi connectivity index (χ3n) is 3.20. The molecule has 4 heteroatoms. The first-order chi connectivity index (χ1) is 9.70. The average molecular weight is 352 g/mol. The summed E-state index contributed by atoms with van der Waals surface area (Å²) in [7, 11) is 0. The molecule has 0 bridgehead atoms. The van der Waals surface area contributed by atoms with Crippen molar-refractivity contribution in [3.05, 3.63) is 58.3 Å². The predicted octanol–water partition coefficient (Wildman–Crippen LogP) is 4.99. The van der Waals surface area contributed by atoms with E-state index in [2.05, 4.69) is 33.4 Å². The molecular weight excluding hydrogens is 337 g/mol. The van der Waals surface area contributed by atoms with Crippen molar-refractivity contribution in [1.29, 1.82) is 0 Å². The van der Waals surface area contributed by atoms with Crippen molar-refractivity contribution >= 4 is 27.7 Å². The molecule has 2 aromatic rings. The van der Waals surface area contributed by atoms with E-state index in [1.165, 1.54) is 29.4 Å². The average Bonchev–Trinajstić information content (AvgIpc) is 3.23. The van der Waals surface area contributed by atoms with Crippen LogP contribution in [0, 0.1) is 5.82 Å². The minimum absolute atomic E-state index is 0.190. The minimum Gasteiger partial charge on any atom is -0.310 e.